The van der Waals surface area contributed by atoms with Gasteiger partial charge in [0.05, 0.1) is 11.1 Å². The van der Waals surface area contributed by atoms with Gasteiger partial charge in [-0.3, -0.25) is 4.99 Å². The fraction of sp³-hybridized carbons (Fsp3) is 0.625. The van der Waals surface area contributed by atoms with Crippen LogP contribution in [0.2, 0.25) is 0 Å². The lowest BCUT2D eigenvalue weighted by Crippen LogP contribution is -2.44. The summed E-state index contributed by atoms with van der Waals surface area (Å²) in [5, 5.41) is 6.72. The van der Waals surface area contributed by atoms with Gasteiger partial charge in [-0.05, 0) is 6.92 Å². The first-order chi connectivity index (χ1) is 5.74. The minimum atomic E-state index is 0.168. The van der Waals surface area contributed by atoms with Gasteiger partial charge < -0.3 is 10.6 Å². The second kappa shape index (κ2) is 5.89. The predicted octanol–water partition coefficient (Wildman–Crippen LogP) is 1.66. The van der Waals surface area contributed by atoms with Gasteiger partial charge in [0.1, 0.15) is 0 Å². The molecule has 1 aliphatic rings. The van der Waals surface area contributed by atoms with Crippen molar-refractivity contribution in [3.63, 3.8) is 0 Å². The van der Waals surface area contributed by atoms with Crippen molar-refractivity contribution in [1.82, 2.24) is 10.6 Å². The maximum atomic E-state index is 5.77. The van der Waals surface area contributed by atoms with Crippen molar-refractivity contribution in [2.24, 2.45) is 4.99 Å². The first-order valence-corrected chi connectivity index (χ1v) is 4.47. The smallest absolute Gasteiger partial charge is 0.195 e. The van der Waals surface area contributed by atoms with Gasteiger partial charge in [0.2, 0.25) is 0 Å². The average molecular weight is 190 g/mol. The molecule has 2 N–H and O–H groups in total. The van der Waals surface area contributed by atoms with Gasteiger partial charge in [0.25, 0.3) is 0 Å². The fourth-order valence-corrected chi connectivity index (χ4v) is 0.816. The van der Waals surface area contributed by atoms with E-state index in [1.807, 2.05) is 20.8 Å². The molecule has 1 atom stereocenters. The molecule has 4 heteroatoms. The third-order valence-electron chi connectivity index (χ3n) is 1.34. The van der Waals surface area contributed by atoms with Gasteiger partial charge >= 0.3 is 0 Å². The van der Waals surface area contributed by atoms with E-state index in [1.54, 1.807) is 13.2 Å². The van der Waals surface area contributed by atoms with E-state index in [0.717, 1.165) is 11.0 Å². The zero-order valence-corrected chi connectivity index (χ0v) is 8.74. The highest BCUT2D eigenvalue weighted by Gasteiger charge is 2.12. The lowest BCUT2D eigenvalue weighted by atomic mass is 10.3. The average Bonchev–Trinajstić information content (AvgIpc) is 2.13. The van der Waals surface area contributed by atoms with Crippen molar-refractivity contribution in [2.75, 3.05) is 7.05 Å². The molecule has 3 nitrogen and oxygen atoms in total. The summed E-state index contributed by atoms with van der Waals surface area (Å²) in [6.07, 6.45) is 1.74. The summed E-state index contributed by atoms with van der Waals surface area (Å²) in [5.74, 6) is 0.761. The van der Waals surface area contributed by atoms with Crippen LogP contribution in [-0.2, 0) is 0 Å². The SMILES string of the molecule is CC.CN=C1NC=C(Cl)C(C)N1. The van der Waals surface area contributed by atoms with Crippen LogP contribution in [0.5, 0.6) is 0 Å². The molecule has 0 aromatic rings. The first-order valence-electron chi connectivity index (χ1n) is 4.09. The number of guanidine groups is 1. The molecule has 0 bridgehead atoms. The highest BCUT2D eigenvalue weighted by molar-refractivity contribution is 6.30. The quantitative estimate of drug-likeness (QED) is 0.608. The number of halogens is 1. The molecule has 0 aliphatic carbocycles. The fourth-order valence-electron chi connectivity index (χ4n) is 0.707. The summed E-state index contributed by atoms with van der Waals surface area (Å²) in [6, 6.07) is 0.168. The normalized spacial score (nSPS) is 24.6. The Kier molecular flexibility index (Phi) is 5.54. The minimum Gasteiger partial charge on any atom is -0.349 e. The molecule has 0 spiro atoms. The lowest BCUT2D eigenvalue weighted by molar-refractivity contribution is 0.743. The van der Waals surface area contributed by atoms with Gasteiger partial charge in [0.15, 0.2) is 5.96 Å². The van der Waals surface area contributed by atoms with Gasteiger partial charge in [-0.1, -0.05) is 25.4 Å². The van der Waals surface area contributed by atoms with E-state index >= 15 is 0 Å². The zero-order valence-electron chi connectivity index (χ0n) is 7.98. The van der Waals surface area contributed by atoms with Gasteiger partial charge in [-0.2, -0.15) is 0 Å². The molecule has 1 unspecified atom stereocenters. The monoisotopic (exact) mass is 189 g/mol. The van der Waals surface area contributed by atoms with Crippen LogP contribution in [-0.4, -0.2) is 19.0 Å². The highest BCUT2D eigenvalue weighted by Crippen LogP contribution is 2.08. The number of rotatable bonds is 0. The van der Waals surface area contributed by atoms with Crippen molar-refractivity contribution < 1.29 is 0 Å². The summed E-state index contributed by atoms with van der Waals surface area (Å²) in [5.41, 5.74) is 0. The maximum absolute atomic E-state index is 5.77. The molecule has 12 heavy (non-hydrogen) atoms. The van der Waals surface area contributed by atoms with Crippen LogP contribution in [0.25, 0.3) is 0 Å². The molecular weight excluding hydrogens is 174 g/mol. The Balaban J connectivity index is 0.000000561. The third-order valence-corrected chi connectivity index (χ3v) is 1.77. The van der Waals surface area contributed by atoms with E-state index in [0.29, 0.717) is 0 Å². The standard InChI is InChI=1S/C6H10ClN3.C2H6/c1-4-5(7)3-9-6(8-2)10-4;1-2/h3-4H,1-2H3,(H2,8,9,10);1-2H3. The van der Waals surface area contributed by atoms with Crippen molar-refractivity contribution in [3.05, 3.63) is 11.2 Å². The van der Waals surface area contributed by atoms with Crippen LogP contribution in [0.4, 0.5) is 0 Å². The first kappa shape index (κ1) is 11.3. The topological polar surface area (TPSA) is 36.4 Å². The maximum Gasteiger partial charge on any atom is 0.195 e. The molecule has 1 rings (SSSR count). The van der Waals surface area contributed by atoms with Gasteiger partial charge in [-0.15, -0.1) is 0 Å². The summed E-state index contributed by atoms with van der Waals surface area (Å²) in [7, 11) is 1.72. The Morgan fingerprint density at radius 1 is 1.50 bits per heavy atom. The Morgan fingerprint density at radius 2 is 2.08 bits per heavy atom. The summed E-state index contributed by atoms with van der Waals surface area (Å²) < 4.78 is 0. The molecule has 1 heterocycles. The molecular formula is C8H16ClN3. The van der Waals surface area contributed by atoms with E-state index in [4.69, 9.17) is 11.6 Å². The molecule has 1 aliphatic heterocycles. The Labute approximate surface area is 78.9 Å². The Morgan fingerprint density at radius 3 is 2.50 bits per heavy atom. The number of aliphatic imine (C=N–C) groups is 1. The lowest BCUT2D eigenvalue weighted by Gasteiger charge is -2.20. The van der Waals surface area contributed by atoms with Crippen LogP contribution >= 0.6 is 11.6 Å². The van der Waals surface area contributed by atoms with Gasteiger partial charge in [-0.25, -0.2) is 0 Å². The van der Waals surface area contributed by atoms with Crippen LogP contribution in [0.1, 0.15) is 20.8 Å². The second-order valence-corrected chi connectivity index (χ2v) is 2.55. The van der Waals surface area contributed by atoms with Crippen molar-refractivity contribution in [1.29, 1.82) is 0 Å². The summed E-state index contributed by atoms with van der Waals surface area (Å²) >= 11 is 5.77. The number of nitrogens with zero attached hydrogens (tertiary/aromatic N) is 1. The van der Waals surface area contributed by atoms with E-state index in [9.17, 15) is 0 Å². The number of hydrogen-bond donors (Lipinski definition) is 2. The van der Waals surface area contributed by atoms with E-state index in [-0.39, 0.29) is 6.04 Å². The summed E-state index contributed by atoms with van der Waals surface area (Å²) in [4.78, 5) is 3.92. The minimum absolute atomic E-state index is 0.168. The molecule has 0 amide bonds. The van der Waals surface area contributed by atoms with E-state index in [2.05, 4.69) is 15.6 Å². The zero-order chi connectivity index (χ0) is 9.56. The molecule has 0 fully saturated rings. The van der Waals surface area contributed by atoms with Crippen molar-refractivity contribution >= 4 is 17.6 Å². The summed E-state index contributed by atoms with van der Waals surface area (Å²) in [6.45, 7) is 5.98. The van der Waals surface area contributed by atoms with Crippen LogP contribution < -0.4 is 10.6 Å². The molecule has 0 aromatic carbocycles. The molecule has 0 radical (unpaired) electrons. The van der Waals surface area contributed by atoms with Crippen LogP contribution in [0.3, 0.4) is 0 Å². The molecule has 0 aromatic heterocycles. The second-order valence-electron chi connectivity index (χ2n) is 2.11. The number of hydrogen-bond acceptors (Lipinski definition) is 1. The number of nitrogens with one attached hydrogen (secondary N) is 2. The van der Waals surface area contributed by atoms with Gasteiger partial charge in [0, 0.05) is 13.2 Å². The molecule has 0 saturated heterocycles. The van der Waals surface area contributed by atoms with Crippen LogP contribution in [0, 0.1) is 0 Å². The third kappa shape index (κ3) is 3.13. The highest BCUT2D eigenvalue weighted by atomic mass is 35.5. The largest absolute Gasteiger partial charge is 0.349 e. The van der Waals surface area contributed by atoms with E-state index in [1.165, 1.54) is 0 Å². The predicted molar refractivity (Wildman–Crippen MR) is 54.4 cm³/mol. The van der Waals surface area contributed by atoms with Crippen molar-refractivity contribution in [2.45, 2.75) is 26.8 Å². The molecule has 70 valence electrons. The van der Waals surface area contributed by atoms with Crippen LogP contribution in [0.15, 0.2) is 16.2 Å². The Hall–Kier alpha value is -0.700. The van der Waals surface area contributed by atoms with Crippen molar-refractivity contribution in [3.8, 4) is 0 Å². The van der Waals surface area contributed by atoms with E-state index < -0.39 is 0 Å². The molecule has 0 saturated carbocycles. The Bertz CT molecular complexity index is 187.